The molecule has 0 spiro atoms. The van der Waals surface area contributed by atoms with Crippen molar-refractivity contribution in [1.29, 1.82) is 0 Å². The van der Waals surface area contributed by atoms with Gasteiger partial charge in [-0.25, -0.2) is 4.39 Å². The van der Waals surface area contributed by atoms with Crippen LogP contribution in [-0.2, 0) is 0 Å². The fourth-order valence-corrected chi connectivity index (χ4v) is 3.33. The lowest BCUT2D eigenvalue weighted by molar-refractivity contribution is 0.313. The number of hydrogen-bond donors (Lipinski definition) is 2. The summed E-state index contributed by atoms with van der Waals surface area (Å²) in [4.78, 5) is 0. The number of halogens is 2. The van der Waals surface area contributed by atoms with E-state index in [0.717, 1.165) is 18.8 Å². The Bertz CT molecular complexity index is 385. The van der Waals surface area contributed by atoms with Crippen LogP contribution in [0.5, 0.6) is 0 Å². The summed E-state index contributed by atoms with van der Waals surface area (Å²) in [7, 11) is 0. The minimum Gasteiger partial charge on any atom is -0.271 e. The van der Waals surface area contributed by atoms with Gasteiger partial charge < -0.3 is 0 Å². The van der Waals surface area contributed by atoms with Crippen LogP contribution >= 0.6 is 11.6 Å². The maximum absolute atomic E-state index is 13.9. The van der Waals surface area contributed by atoms with Gasteiger partial charge in [0.25, 0.3) is 0 Å². The first-order valence-electron chi connectivity index (χ1n) is 7.12. The molecule has 106 valence electrons. The van der Waals surface area contributed by atoms with Crippen molar-refractivity contribution < 1.29 is 4.39 Å². The zero-order valence-electron chi connectivity index (χ0n) is 11.2. The molecule has 1 unspecified atom stereocenters. The first-order chi connectivity index (χ1) is 9.22. The molecule has 19 heavy (non-hydrogen) atoms. The Labute approximate surface area is 119 Å². The molecule has 0 heterocycles. The summed E-state index contributed by atoms with van der Waals surface area (Å²) in [5.74, 6) is 6.06. The molecule has 3 N–H and O–H groups in total. The van der Waals surface area contributed by atoms with E-state index in [2.05, 4.69) is 5.43 Å². The molecule has 4 heteroatoms. The Morgan fingerprint density at radius 1 is 1.32 bits per heavy atom. The summed E-state index contributed by atoms with van der Waals surface area (Å²) in [5, 5.41) is 0.451. The number of hydrazine groups is 1. The van der Waals surface area contributed by atoms with Gasteiger partial charge >= 0.3 is 0 Å². The van der Waals surface area contributed by atoms with Crippen molar-refractivity contribution in [2.45, 2.75) is 51.0 Å². The molecule has 0 amide bonds. The van der Waals surface area contributed by atoms with Gasteiger partial charge in [0.15, 0.2) is 0 Å². The summed E-state index contributed by atoms with van der Waals surface area (Å²) >= 11 is 6.09. The van der Waals surface area contributed by atoms with Gasteiger partial charge in [0, 0.05) is 10.6 Å². The molecule has 1 aliphatic rings. The predicted octanol–water partition coefficient (Wildman–Crippen LogP) is 4.34. The van der Waals surface area contributed by atoms with Gasteiger partial charge in [-0.3, -0.25) is 11.3 Å². The van der Waals surface area contributed by atoms with Gasteiger partial charge in [0.1, 0.15) is 5.82 Å². The Kier molecular flexibility index (Phi) is 5.61. The second kappa shape index (κ2) is 7.22. The van der Waals surface area contributed by atoms with Crippen molar-refractivity contribution in [2.75, 3.05) is 0 Å². The van der Waals surface area contributed by atoms with Crippen molar-refractivity contribution >= 4 is 11.6 Å². The van der Waals surface area contributed by atoms with Gasteiger partial charge in [0.05, 0.1) is 6.04 Å². The van der Waals surface area contributed by atoms with E-state index in [0.29, 0.717) is 10.6 Å². The first kappa shape index (κ1) is 14.8. The van der Waals surface area contributed by atoms with Crippen molar-refractivity contribution in [3.63, 3.8) is 0 Å². The lowest BCUT2D eigenvalue weighted by Crippen LogP contribution is -2.29. The van der Waals surface area contributed by atoms with Gasteiger partial charge in [0.2, 0.25) is 0 Å². The highest BCUT2D eigenvalue weighted by Gasteiger charge is 2.20. The fourth-order valence-electron chi connectivity index (χ4n) is 3.03. The van der Waals surface area contributed by atoms with Crippen LogP contribution < -0.4 is 11.3 Å². The third-order valence-electron chi connectivity index (χ3n) is 4.14. The van der Waals surface area contributed by atoms with Gasteiger partial charge in [-0.15, -0.1) is 0 Å². The minimum absolute atomic E-state index is 0.198. The average molecular weight is 285 g/mol. The summed E-state index contributed by atoms with van der Waals surface area (Å²) in [6.45, 7) is 0. The predicted molar refractivity (Wildman–Crippen MR) is 77.3 cm³/mol. The second-order valence-electron chi connectivity index (χ2n) is 5.44. The number of nitrogens with one attached hydrogen (secondary N) is 1. The van der Waals surface area contributed by atoms with Gasteiger partial charge in [-0.05, 0) is 30.9 Å². The largest absolute Gasteiger partial charge is 0.271 e. The van der Waals surface area contributed by atoms with Gasteiger partial charge in [-0.2, -0.15) is 0 Å². The molecule has 1 aromatic rings. The van der Waals surface area contributed by atoms with E-state index in [1.54, 1.807) is 12.1 Å². The minimum atomic E-state index is -0.279. The number of benzene rings is 1. The molecule has 1 atom stereocenters. The van der Waals surface area contributed by atoms with Crippen molar-refractivity contribution in [3.8, 4) is 0 Å². The van der Waals surface area contributed by atoms with Crippen LogP contribution in [0, 0.1) is 11.7 Å². The molecular weight excluding hydrogens is 263 g/mol. The van der Waals surface area contributed by atoms with Crippen LogP contribution in [0.1, 0.15) is 56.6 Å². The zero-order valence-corrected chi connectivity index (χ0v) is 11.9. The third kappa shape index (κ3) is 3.91. The van der Waals surface area contributed by atoms with Gasteiger partial charge in [-0.1, -0.05) is 49.8 Å². The normalized spacial score (nSPS) is 18.5. The van der Waals surface area contributed by atoms with Crippen LogP contribution in [0.25, 0.3) is 0 Å². The van der Waals surface area contributed by atoms with Crippen LogP contribution in [0.3, 0.4) is 0 Å². The molecule has 1 fully saturated rings. The van der Waals surface area contributed by atoms with E-state index < -0.39 is 0 Å². The molecule has 0 saturated heterocycles. The molecule has 1 aliphatic carbocycles. The fraction of sp³-hybridized carbons (Fsp3) is 0.600. The average Bonchev–Trinajstić information content (AvgIpc) is 2.43. The smallest absolute Gasteiger partial charge is 0.129 e. The van der Waals surface area contributed by atoms with E-state index in [1.807, 2.05) is 0 Å². The molecule has 0 aliphatic heterocycles. The van der Waals surface area contributed by atoms with Crippen LogP contribution in [0.4, 0.5) is 4.39 Å². The van der Waals surface area contributed by atoms with E-state index in [9.17, 15) is 4.39 Å². The molecule has 0 aromatic heterocycles. The van der Waals surface area contributed by atoms with E-state index in [-0.39, 0.29) is 11.9 Å². The molecule has 0 bridgehead atoms. The highest BCUT2D eigenvalue weighted by atomic mass is 35.5. The van der Waals surface area contributed by atoms with Crippen LogP contribution in [0.15, 0.2) is 18.2 Å². The van der Waals surface area contributed by atoms with E-state index in [1.165, 1.54) is 38.2 Å². The molecular formula is C15H22ClFN2. The Morgan fingerprint density at radius 3 is 2.68 bits per heavy atom. The Morgan fingerprint density at radius 2 is 2.05 bits per heavy atom. The first-order valence-corrected chi connectivity index (χ1v) is 7.50. The number of hydrogen-bond acceptors (Lipinski definition) is 2. The lowest BCUT2D eigenvalue weighted by Gasteiger charge is -2.24. The maximum atomic E-state index is 13.9. The Balaban J connectivity index is 1.99. The molecule has 2 rings (SSSR count). The molecule has 1 aromatic carbocycles. The van der Waals surface area contributed by atoms with Crippen LogP contribution in [-0.4, -0.2) is 0 Å². The van der Waals surface area contributed by atoms with Crippen LogP contribution in [0.2, 0.25) is 5.02 Å². The Hall–Kier alpha value is -0.640. The van der Waals surface area contributed by atoms with Crippen molar-refractivity contribution in [1.82, 2.24) is 5.43 Å². The molecule has 0 radical (unpaired) electrons. The maximum Gasteiger partial charge on any atom is 0.129 e. The monoisotopic (exact) mass is 284 g/mol. The molecule has 2 nitrogen and oxygen atoms in total. The summed E-state index contributed by atoms with van der Waals surface area (Å²) in [6, 6.07) is 4.57. The number of rotatable bonds is 5. The summed E-state index contributed by atoms with van der Waals surface area (Å²) < 4.78 is 13.9. The highest BCUT2D eigenvalue weighted by Crippen LogP contribution is 2.33. The zero-order chi connectivity index (χ0) is 13.7. The standard InChI is InChI=1S/C15H22ClFN2/c16-12-7-4-8-13(17)15(12)14(19-18)10-9-11-5-2-1-3-6-11/h4,7-8,11,14,19H,1-3,5-6,9-10,18H2. The second-order valence-corrected chi connectivity index (χ2v) is 5.84. The third-order valence-corrected chi connectivity index (χ3v) is 4.47. The highest BCUT2D eigenvalue weighted by molar-refractivity contribution is 6.31. The summed E-state index contributed by atoms with van der Waals surface area (Å²) in [6.07, 6.45) is 8.51. The van der Waals surface area contributed by atoms with E-state index >= 15 is 0 Å². The topological polar surface area (TPSA) is 38.0 Å². The van der Waals surface area contributed by atoms with Crippen molar-refractivity contribution in [3.05, 3.63) is 34.6 Å². The quantitative estimate of drug-likeness (QED) is 0.623. The van der Waals surface area contributed by atoms with E-state index in [4.69, 9.17) is 17.4 Å². The van der Waals surface area contributed by atoms with Crippen molar-refractivity contribution in [2.24, 2.45) is 11.8 Å². The molecule has 1 saturated carbocycles. The SMILES string of the molecule is NNC(CCC1CCCCC1)c1c(F)cccc1Cl. The lowest BCUT2D eigenvalue weighted by atomic mass is 9.84. The number of nitrogens with two attached hydrogens (primary N) is 1. The summed E-state index contributed by atoms with van der Waals surface area (Å²) in [5.41, 5.74) is 3.22.